The third kappa shape index (κ3) is 3.24. The minimum Gasteiger partial charge on any atom is -0.435 e. The van der Waals surface area contributed by atoms with Crippen LogP contribution in [0.2, 0.25) is 0 Å². The van der Waals surface area contributed by atoms with Crippen molar-refractivity contribution >= 4 is 85.5 Å². The third-order valence-electron chi connectivity index (χ3n) is 10.0. The molecule has 206 valence electrons. The van der Waals surface area contributed by atoms with Gasteiger partial charge in [-0.05, 0) is 91.4 Å². The summed E-state index contributed by atoms with van der Waals surface area (Å²) >= 11 is 0. The number of hydrogen-bond donors (Lipinski definition) is 0. The number of benzene rings is 4. The highest BCUT2D eigenvalue weighted by Crippen LogP contribution is 2.51. The van der Waals surface area contributed by atoms with E-state index in [1.807, 2.05) is 0 Å². The van der Waals surface area contributed by atoms with Gasteiger partial charge >= 0.3 is 41.2 Å². The minimum atomic E-state index is 0.0707. The van der Waals surface area contributed by atoms with E-state index in [0.717, 1.165) is 0 Å². The van der Waals surface area contributed by atoms with Crippen LogP contribution in [-0.4, -0.2) is 117 Å². The molecule has 4 aliphatic heterocycles. The summed E-state index contributed by atoms with van der Waals surface area (Å²) in [5.41, 5.74) is 5.31. The minimum absolute atomic E-state index is 0.0707. The molecule has 4 aromatic carbocycles. The quantitative estimate of drug-likeness (QED) is 0.359. The molecular weight excluding hydrogens is 513 g/mol. The molecule has 0 atom stereocenters. The zero-order valence-electron chi connectivity index (χ0n) is 26.0. The van der Waals surface area contributed by atoms with Crippen molar-refractivity contribution in [3.63, 3.8) is 0 Å². The summed E-state index contributed by atoms with van der Waals surface area (Å²) in [6.07, 6.45) is 0. The Kier molecular flexibility index (Phi) is 5.77. The van der Waals surface area contributed by atoms with Gasteiger partial charge in [0.1, 0.15) is 0 Å². The summed E-state index contributed by atoms with van der Waals surface area (Å²) in [5, 5.41) is 5.30. The van der Waals surface area contributed by atoms with Crippen LogP contribution in [0.15, 0.2) is 72.8 Å². The Morgan fingerprint density at radius 2 is 0.619 bits per heavy atom. The van der Waals surface area contributed by atoms with E-state index in [0.29, 0.717) is 0 Å². The van der Waals surface area contributed by atoms with Crippen molar-refractivity contribution in [2.75, 3.05) is 75.3 Å². The van der Waals surface area contributed by atoms with Crippen LogP contribution in [0.3, 0.4) is 0 Å². The molecule has 14 heteroatoms. The Bertz CT molecular complexity index is 1480. The number of nitrogens with zero attached hydrogens (tertiary/aromatic N) is 8. The number of hydrogen-bond acceptors (Lipinski definition) is 8. The van der Waals surface area contributed by atoms with Crippen molar-refractivity contribution in [1.29, 1.82) is 0 Å². The van der Waals surface area contributed by atoms with E-state index in [1.54, 1.807) is 0 Å². The second-order valence-electron chi connectivity index (χ2n) is 13.3. The molecule has 8 nitrogen and oxygen atoms in total. The van der Waals surface area contributed by atoms with Gasteiger partial charge in [0, 0.05) is 33.5 Å². The molecule has 0 amide bonds. The summed E-state index contributed by atoms with van der Waals surface area (Å²) in [6.45, 7) is 0.544. The van der Waals surface area contributed by atoms with Gasteiger partial charge in [0.15, 0.2) is 0 Å². The standard InChI is InChI=1S/C28H36B6N8/c1-35(2)29-30(36(3)4)40-24-18-10-15-22-16-12-20-26(28(22)24)42-32(38(7)8)31(37(5)6)41-25-19-11-14-21-13-9-17-23(27(21)25)39(29)33(41)34(40)42/h9-20H,1-8H3. The van der Waals surface area contributed by atoms with Crippen LogP contribution >= 0.6 is 0 Å². The Morgan fingerprint density at radius 3 is 0.833 bits per heavy atom. The maximum atomic E-state index is 2.75. The number of rotatable bonds is 4. The molecule has 2 fully saturated rings. The van der Waals surface area contributed by atoms with Crippen molar-refractivity contribution in [3.05, 3.63) is 72.8 Å². The molecule has 0 bridgehead atoms. The highest BCUT2D eigenvalue weighted by molar-refractivity contribution is 7.53. The lowest BCUT2D eigenvalue weighted by molar-refractivity contribution is 0.613. The fourth-order valence-corrected chi connectivity index (χ4v) is 8.71. The Balaban J connectivity index is 1.54. The van der Waals surface area contributed by atoms with Crippen molar-refractivity contribution in [3.8, 4) is 0 Å². The van der Waals surface area contributed by atoms with Gasteiger partial charge in [-0.15, -0.1) is 0 Å². The van der Waals surface area contributed by atoms with E-state index >= 15 is 0 Å². The van der Waals surface area contributed by atoms with Crippen molar-refractivity contribution < 1.29 is 0 Å². The van der Waals surface area contributed by atoms with Crippen molar-refractivity contribution in [2.45, 2.75) is 0 Å². The van der Waals surface area contributed by atoms with E-state index in [-0.39, 0.29) is 41.2 Å². The fourth-order valence-electron chi connectivity index (χ4n) is 8.71. The molecule has 8 rings (SSSR count). The smallest absolute Gasteiger partial charge is 0.364 e. The molecule has 2 saturated heterocycles. The lowest BCUT2D eigenvalue weighted by Gasteiger charge is -2.68. The highest BCUT2D eigenvalue weighted by Gasteiger charge is 2.72. The van der Waals surface area contributed by atoms with Crippen LogP contribution in [0, 0.1) is 0 Å². The molecule has 0 saturated carbocycles. The first-order valence-corrected chi connectivity index (χ1v) is 15.0. The van der Waals surface area contributed by atoms with Gasteiger partial charge in [-0.25, -0.2) is 0 Å². The molecule has 42 heavy (non-hydrogen) atoms. The fraction of sp³-hybridized carbons (Fsp3) is 0.286. The Labute approximate surface area is 252 Å². The molecule has 4 aliphatic rings. The normalized spacial score (nSPS) is 17.4. The molecule has 0 spiro atoms. The lowest BCUT2D eigenvalue weighted by atomic mass is 9.05. The Hall–Kier alpha value is -3.17. The predicted octanol–water partition coefficient (Wildman–Crippen LogP) is 2.38. The van der Waals surface area contributed by atoms with Gasteiger partial charge < -0.3 is 38.1 Å². The zero-order valence-corrected chi connectivity index (χ0v) is 26.0. The summed E-state index contributed by atoms with van der Waals surface area (Å²) in [4.78, 5) is 9.72. The van der Waals surface area contributed by atoms with Gasteiger partial charge in [0.05, 0.1) is 0 Å². The first-order valence-electron chi connectivity index (χ1n) is 15.0. The molecule has 0 unspecified atom stereocenters. The molecule has 0 aromatic heterocycles. The average Bonchev–Trinajstić information content (AvgIpc) is 2.97. The summed E-state index contributed by atoms with van der Waals surface area (Å²) in [5.74, 6) is 0. The SMILES string of the molecule is CN(C)B1B(N(C)C)N2B3B4N1c1cccc5cccc(c15)N4B(N(C)C)B(N(C)C)N3c1cccc3cccc2c13. The largest absolute Gasteiger partial charge is 0.435 e. The molecule has 0 aliphatic carbocycles. The first-order chi connectivity index (χ1) is 20.2. The van der Waals surface area contributed by atoms with Crippen LogP contribution in [-0.2, 0) is 0 Å². The van der Waals surface area contributed by atoms with Gasteiger partial charge in [0.25, 0.3) is 0 Å². The maximum absolute atomic E-state index is 2.75. The molecular formula is C28H36B6N8. The summed E-state index contributed by atoms with van der Waals surface area (Å²) < 4.78 is 11.0. The van der Waals surface area contributed by atoms with E-state index in [1.165, 1.54) is 44.3 Å². The number of anilines is 4. The molecule has 0 radical (unpaired) electrons. The molecule has 4 heterocycles. The Morgan fingerprint density at radius 1 is 0.381 bits per heavy atom. The first kappa shape index (κ1) is 26.5. The maximum Gasteiger partial charge on any atom is 0.364 e. The van der Waals surface area contributed by atoms with Crippen molar-refractivity contribution in [1.82, 2.24) is 19.2 Å². The topological polar surface area (TPSA) is 25.9 Å². The van der Waals surface area contributed by atoms with Gasteiger partial charge in [0.2, 0.25) is 0 Å². The summed E-state index contributed by atoms with van der Waals surface area (Å²) in [6, 6.07) is 27.5. The van der Waals surface area contributed by atoms with E-state index in [4.69, 9.17) is 0 Å². The monoisotopic (exact) mass is 550 g/mol. The highest BCUT2D eigenvalue weighted by atomic mass is 15.4. The van der Waals surface area contributed by atoms with E-state index in [9.17, 15) is 0 Å². The summed E-state index contributed by atoms with van der Waals surface area (Å²) in [7, 11) is 18.0. The number of fused-ring (bicyclic) bond motifs is 4. The van der Waals surface area contributed by atoms with Crippen LogP contribution in [0.5, 0.6) is 0 Å². The van der Waals surface area contributed by atoms with Gasteiger partial charge in [-0.2, -0.15) is 0 Å². The second kappa shape index (κ2) is 9.16. The molecule has 4 aromatic rings. The predicted molar refractivity (Wildman–Crippen MR) is 187 cm³/mol. The van der Waals surface area contributed by atoms with Crippen LogP contribution < -0.4 is 18.9 Å². The second-order valence-corrected chi connectivity index (χ2v) is 13.3. The van der Waals surface area contributed by atoms with Crippen LogP contribution in [0.1, 0.15) is 0 Å². The van der Waals surface area contributed by atoms with Crippen molar-refractivity contribution in [2.24, 2.45) is 0 Å². The van der Waals surface area contributed by atoms with Gasteiger partial charge in [-0.3, -0.25) is 0 Å². The van der Waals surface area contributed by atoms with Crippen LogP contribution in [0.25, 0.3) is 21.5 Å². The van der Waals surface area contributed by atoms with Gasteiger partial charge in [-0.1, -0.05) is 48.5 Å². The average molecular weight is 550 g/mol. The van der Waals surface area contributed by atoms with E-state index < -0.39 is 0 Å². The lowest BCUT2D eigenvalue weighted by Crippen LogP contribution is -2.98. The third-order valence-corrected chi connectivity index (χ3v) is 10.0. The molecule has 0 N–H and O–H groups in total. The zero-order chi connectivity index (χ0) is 29.2. The van der Waals surface area contributed by atoms with Crippen LogP contribution in [0.4, 0.5) is 22.7 Å². The van der Waals surface area contributed by atoms with E-state index in [2.05, 4.69) is 167 Å².